The van der Waals surface area contributed by atoms with Gasteiger partial charge in [-0.05, 0) is 44.5 Å². The number of halogens is 2. The second-order valence-electron chi connectivity index (χ2n) is 10.1. The van der Waals surface area contributed by atoms with Crippen molar-refractivity contribution in [1.29, 1.82) is 0 Å². The van der Waals surface area contributed by atoms with Crippen LogP contribution in [0.3, 0.4) is 0 Å². The fourth-order valence-electron chi connectivity index (χ4n) is 7.95. The summed E-state index contributed by atoms with van der Waals surface area (Å²) in [5.41, 5.74) is 11.8. The Balaban J connectivity index is 1.86. The van der Waals surface area contributed by atoms with Crippen molar-refractivity contribution in [2.45, 2.75) is 54.6 Å². The van der Waals surface area contributed by atoms with Crippen molar-refractivity contribution in [3.8, 4) is 0 Å². The van der Waals surface area contributed by atoms with E-state index in [0.717, 1.165) is 10.7 Å². The molecule has 3 aromatic rings. The van der Waals surface area contributed by atoms with E-state index in [-0.39, 0.29) is 21.7 Å². The maximum atomic E-state index is 3.71. The van der Waals surface area contributed by atoms with Crippen molar-refractivity contribution in [2.24, 2.45) is 5.41 Å². The summed E-state index contributed by atoms with van der Waals surface area (Å²) in [4.78, 5) is 0. The van der Waals surface area contributed by atoms with Crippen molar-refractivity contribution >= 4 is 31.9 Å². The van der Waals surface area contributed by atoms with Gasteiger partial charge >= 0.3 is 0 Å². The lowest BCUT2D eigenvalue weighted by Gasteiger charge is -2.49. The van der Waals surface area contributed by atoms with Crippen LogP contribution in [0.5, 0.6) is 0 Å². The molecule has 30 heavy (non-hydrogen) atoms. The van der Waals surface area contributed by atoms with E-state index < -0.39 is 0 Å². The molecule has 3 aliphatic rings. The third-order valence-corrected chi connectivity index (χ3v) is 10.9. The summed E-state index contributed by atoms with van der Waals surface area (Å²) in [5.74, 6) is 0. The minimum Gasteiger partial charge on any atom is -0.0876 e. The van der Waals surface area contributed by atoms with Crippen molar-refractivity contribution in [3.05, 3.63) is 105 Å². The Bertz CT molecular complexity index is 1230. The zero-order chi connectivity index (χ0) is 21.1. The van der Waals surface area contributed by atoms with Gasteiger partial charge in [-0.3, -0.25) is 0 Å². The van der Waals surface area contributed by atoms with E-state index in [9.17, 15) is 0 Å². The lowest BCUT2D eigenvalue weighted by atomic mass is 9.52. The second-order valence-corrected chi connectivity index (χ2v) is 11.2. The minimum absolute atomic E-state index is 0.0250. The summed E-state index contributed by atoms with van der Waals surface area (Å²) in [6, 6.07) is 23.7. The number of benzene rings is 3. The quantitative estimate of drug-likeness (QED) is 0.302. The maximum Gasteiger partial charge on any atom is 0.0283 e. The highest BCUT2D eigenvalue weighted by atomic mass is 79.9. The Labute approximate surface area is 196 Å². The largest absolute Gasteiger partial charge is 0.0876 e. The SMILES string of the molecule is C[C@@]12c3ccccc3[C@@]3(C)c4cc(CBr)ccc4[C@@](C)(c4cc(CBr)ccc41)[C@@]23C. The fourth-order valence-corrected chi connectivity index (χ4v) is 8.65. The van der Waals surface area contributed by atoms with Gasteiger partial charge in [-0.2, -0.15) is 0 Å². The van der Waals surface area contributed by atoms with Gasteiger partial charge in [0.1, 0.15) is 0 Å². The zero-order valence-corrected chi connectivity index (χ0v) is 21.1. The zero-order valence-electron chi connectivity index (χ0n) is 17.9. The summed E-state index contributed by atoms with van der Waals surface area (Å²) in [5, 5.41) is 1.79. The monoisotopic (exact) mass is 520 g/mol. The van der Waals surface area contributed by atoms with Crippen LogP contribution in [0.4, 0.5) is 0 Å². The van der Waals surface area contributed by atoms with Crippen LogP contribution in [0.25, 0.3) is 0 Å². The van der Waals surface area contributed by atoms with Crippen LogP contribution in [0.15, 0.2) is 60.7 Å². The summed E-state index contributed by atoms with van der Waals surface area (Å²) in [6.45, 7) is 10.1. The van der Waals surface area contributed by atoms with Gasteiger partial charge in [0.15, 0.2) is 0 Å². The Morgan fingerprint density at radius 3 is 1.30 bits per heavy atom. The highest BCUT2D eigenvalue weighted by Gasteiger charge is 2.79. The summed E-state index contributed by atoms with van der Waals surface area (Å²) in [7, 11) is 0. The molecule has 3 aliphatic carbocycles. The lowest BCUT2D eigenvalue weighted by Crippen LogP contribution is -2.51. The van der Waals surface area contributed by atoms with Crippen LogP contribution in [0, 0.1) is 5.41 Å². The van der Waals surface area contributed by atoms with Crippen molar-refractivity contribution in [1.82, 2.24) is 0 Å². The van der Waals surface area contributed by atoms with Crippen molar-refractivity contribution < 1.29 is 0 Å². The molecule has 0 aliphatic heterocycles. The third kappa shape index (κ3) is 1.66. The van der Waals surface area contributed by atoms with E-state index in [0.29, 0.717) is 0 Å². The summed E-state index contributed by atoms with van der Waals surface area (Å²) in [6.07, 6.45) is 0. The normalized spacial score (nSPS) is 34.5. The first-order chi connectivity index (χ1) is 14.3. The van der Waals surface area contributed by atoms with E-state index in [1.807, 2.05) is 0 Å². The molecule has 2 heteroatoms. The molecule has 0 fully saturated rings. The minimum atomic E-state index is -0.0385. The molecule has 0 N–H and O–H groups in total. The Morgan fingerprint density at radius 2 is 0.900 bits per heavy atom. The van der Waals surface area contributed by atoms with Gasteiger partial charge < -0.3 is 0 Å². The van der Waals surface area contributed by atoms with Crippen molar-refractivity contribution in [3.63, 3.8) is 0 Å². The Hall–Kier alpha value is -1.38. The van der Waals surface area contributed by atoms with Crippen LogP contribution < -0.4 is 0 Å². The first-order valence-corrected chi connectivity index (χ1v) is 13.0. The van der Waals surface area contributed by atoms with Crippen LogP contribution >= 0.6 is 31.9 Å². The van der Waals surface area contributed by atoms with Gasteiger partial charge in [0.05, 0.1) is 0 Å². The molecule has 0 saturated heterocycles. The van der Waals surface area contributed by atoms with E-state index in [4.69, 9.17) is 0 Å². The number of rotatable bonds is 2. The molecule has 6 rings (SSSR count). The first kappa shape index (κ1) is 19.3. The van der Waals surface area contributed by atoms with Gasteiger partial charge in [-0.25, -0.2) is 0 Å². The molecule has 0 saturated carbocycles. The fraction of sp³-hybridized carbons (Fsp3) is 0.357. The van der Waals surface area contributed by atoms with Gasteiger partial charge in [0.2, 0.25) is 0 Å². The number of fused-ring (bicyclic) bond motifs is 9. The molecule has 152 valence electrons. The van der Waals surface area contributed by atoms with Crippen LogP contribution in [-0.4, -0.2) is 0 Å². The number of hydrogen-bond donors (Lipinski definition) is 0. The number of alkyl halides is 2. The molecule has 0 aromatic heterocycles. The van der Waals surface area contributed by atoms with E-state index in [1.165, 1.54) is 44.5 Å². The molecule has 3 aromatic carbocycles. The topological polar surface area (TPSA) is 0 Å². The van der Waals surface area contributed by atoms with Gasteiger partial charge in [-0.15, -0.1) is 0 Å². The average molecular weight is 522 g/mol. The first-order valence-electron chi connectivity index (χ1n) is 10.8. The molecule has 0 nitrogen and oxygen atoms in total. The van der Waals surface area contributed by atoms with E-state index in [1.54, 1.807) is 0 Å². The smallest absolute Gasteiger partial charge is 0.0283 e. The maximum absolute atomic E-state index is 3.71. The summed E-state index contributed by atoms with van der Waals surface area (Å²) >= 11 is 7.41. The third-order valence-electron chi connectivity index (χ3n) is 9.64. The molecule has 0 bridgehead atoms. The second kappa shape index (κ2) is 5.70. The molecule has 0 heterocycles. The van der Waals surface area contributed by atoms with Gasteiger partial charge in [0, 0.05) is 32.3 Å². The van der Waals surface area contributed by atoms with E-state index in [2.05, 4.69) is 120 Å². The van der Waals surface area contributed by atoms with Crippen LogP contribution in [0.1, 0.15) is 72.2 Å². The summed E-state index contributed by atoms with van der Waals surface area (Å²) < 4.78 is 0. The molecule has 0 spiro atoms. The Morgan fingerprint density at radius 1 is 0.533 bits per heavy atom. The molecular formula is C28H26Br2. The molecule has 0 radical (unpaired) electrons. The number of hydrogen-bond acceptors (Lipinski definition) is 0. The highest BCUT2D eigenvalue weighted by molar-refractivity contribution is 9.08. The lowest BCUT2D eigenvalue weighted by molar-refractivity contribution is 0.0997. The predicted molar refractivity (Wildman–Crippen MR) is 132 cm³/mol. The molecule has 0 unspecified atom stereocenters. The highest BCUT2D eigenvalue weighted by Crippen LogP contribution is 2.82. The Kier molecular flexibility index (Phi) is 3.67. The van der Waals surface area contributed by atoms with Crippen LogP contribution in [-0.2, 0) is 26.9 Å². The van der Waals surface area contributed by atoms with Crippen LogP contribution in [0.2, 0.25) is 0 Å². The predicted octanol–water partition coefficient (Wildman–Crippen LogP) is 7.74. The standard InChI is InChI=1S/C28H26Br2/c1-25-19-7-5-6-8-20(19)26(2)24-14-18(16-30)10-12-22(24)27(3,28(25,26)4)23-13-17(15-29)9-11-21(23)25/h5-14H,15-16H2,1-4H3/t25-,26+,27+,28+/m1/s1. The van der Waals surface area contributed by atoms with E-state index >= 15 is 0 Å². The van der Waals surface area contributed by atoms with Gasteiger partial charge in [-0.1, -0.05) is 120 Å². The average Bonchev–Trinajstić information content (AvgIpc) is 3.14. The van der Waals surface area contributed by atoms with Gasteiger partial charge in [0.25, 0.3) is 0 Å². The molecule has 4 atom stereocenters. The molecular weight excluding hydrogens is 496 g/mol. The molecule has 0 amide bonds. The van der Waals surface area contributed by atoms with Crippen molar-refractivity contribution in [2.75, 3.05) is 0 Å².